The Labute approximate surface area is 126 Å². The normalized spacial score (nSPS) is 9.17. The highest BCUT2D eigenvalue weighted by molar-refractivity contribution is 14.0. The summed E-state index contributed by atoms with van der Waals surface area (Å²) >= 11 is 0. The van der Waals surface area contributed by atoms with Crippen molar-refractivity contribution in [2.75, 3.05) is 35.3 Å². The summed E-state index contributed by atoms with van der Waals surface area (Å²) in [7, 11) is 9.52. The number of guanidine groups is 1. The van der Waals surface area contributed by atoms with Crippen LogP contribution in [0.15, 0.2) is 23.3 Å². The molecular formula is C12H21IN4O. The van der Waals surface area contributed by atoms with Crippen molar-refractivity contribution in [2.45, 2.75) is 6.54 Å². The summed E-state index contributed by atoms with van der Waals surface area (Å²) in [5.74, 6) is 1.55. The van der Waals surface area contributed by atoms with Crippen LogP contribution in [-0.2, 0) is 6.54 Å². The van der Waals surface area contributed by atoms with Gasteiger partial charge in [-0.2, -0.15) is 0 Å². The first-order valence-electron chi connectivity index (χ1n) is 5.42. The van der Waals surface area contributed by atoms with Crippen LogP contribution in [0.5, 0.6) is 5.88 Å². The zero-order chi connectivity index (χ0) is 12.8. The van der Waals surface area contributed by atoms with Gasteiger partial charge in [-0.15, -0.1) is 24.0 Å². The number of methoxy groups -OCH3 is 1. The zero-order valence-electron chi connectivity index (χ0n) is 11.5. The van der Waals surface area contributed by atoms with E-state index in [0.717, 1.165) is 11.5 Å². The van der Waals surface area contributed by atoms with E-state index in [1.807, 2.05) is 50.1 Å². The van der Waals surface area contributed by atoms with E-state index in [0.29, 0.717) is 12.4 Å². The van der Waals surface area contributed by atoms with Crippen molar-refractivity contribution in [2.24, 2.45) is 4.99 Å². The minimum atomic E-state index is 0. The minimum Gasteiger partial charge on any atom is -0.481 e. The molecule has 1 rings (SSSR count). The first kappa shape index (κ1) is 16.9. The van der Waals surface area contributed by atoms with Crippen LogP contribution in [0.3, 0.4) is 0 Å². The molecule has 6 heteroatoms. The van der Waals surface area contributed by atoms with Crippen molar-refractivity contribution in [3.8, 4) is 5.88 Å². The topological polar surface area (TPSA) is 41.0 Å². The van der Waals surface area contributed by atoms with Gasteiger partial charge < -0.3 is 14.5 Å². The van der Waals surface area contributed by atoms with Crippen molar-refractivity contribution in [3.63, 3.8) is 0 Å². The fraction of sp³-hybridized carbons (Fsp3) is 0.500. The average molecular weight is 364 g/mol. The summed E-state index contributed by atoms with van der Waals surface area (Å²) in [6.45, 7) is 0.614. The van der Waals surface area contributed by atoms with Gasteiger partial charge in [0, 0.05) is 40.5 Å². The van der Waals surface area contributed by atoms with E-state index in [2.05, 4.69) is 9.98 Å². The second-order valence-corrected chi connectivity index (χ2v) is 4.11. The molecule has 0 radical (unpaired) electrons. The molecule has 1 aromatic rings. The summed E-state index contributed by atoms with van der Waals surface area (Å²) in [5, 5.41) is 0. The Morgan fingerprint density at radius 3 is 2.22 bits per heavy atom. The quantitative estimate of drug-likeness (QED) is 0.465. The highest BCUT2D eigenvalue weighted by Gasteiger charge is 2.03. The number of hydrogen-bond donors (Lipinski definition) is 0. The summed E-state index contributed by atoms with van der Waals surface area (Å²) < 4.78 is 5.01. The average Bonchev–Trinajstić information content (AvgIpc) is 2.29. The molecule has 0 aliphatic rings. The van der Waals surface area contributed by atoms with Crippen LogP contribution in [-0.4, -0.2) is 56.0 Å². The Hall–Kier alpha value is -1.05. The third kappa shape index (κ3) is 5.07. The minimum absolute atomic E-state index is 0. The van der Waals surface area contributed by atoms with Crippen LogP contribution in [0.4, 0.5) is 0 Å². The lowest BCUT2D eigenvalue weighted by Gasteiger charge is -2.22. The van der Waals surface area contributed by atoms with E-state index in [4.69, 9.17) is 4.74 Å². The number of pyridine rings is 1. The van der Waals surface area contributed by atoms with Gasteiger partial charge in [0.2, 0.25) is 5.88 Å². The molecule has 1 aromatic heterocycles. The summed E-state index contributed by atoms with van der Waals surface area (Å²) in [5.41, 5.74) is 1.06. The molecule has 0 aliphatic carbocycles. The molecule has 0 bridgehead atoms. The SMILES string of the molecule is COc1ccc(CN=C(N(C)C)N(C)C)cn1.I. The summed E-state index contributed by atoms with van der Waals surface area (Å²) in [6.07, 6.45) is 1.78. The molecule has 0 aromatic carbocycles. The van der Waals surface area contributed by atoms with Gasteiger partial charge in [0.05, 0.1) is 13.7 Å². The fourth-order valence-corrected chi connectivity index (χ4v) is 1.47. The van der Waals surface area contributed by atoms with E-state index in [9.17, 15) is 0 Å². The van der Waals surface area contributed by atoms with E-state index >= 15 is 0 Å². The Morgan fingerprint density at radius 1 is 1.22 bits per heavy atom. The molecule has 1 heterocycles. The van der Waals surface area contributed by atoms with Crippen molar-refractivity contribution < 1.29 is 4.74 Å². The molecule has 0 aliphatic heterocycles. The third-order valence-electron chi connectivity index (χ3n) is 2.21. The number of rotatable bonds is 3. The van der Waals surface area contributed by atoms with Gasteiger partial charge in [-0.1, -0.05) is 6.07 Å². The lowest BCUT2D eigenvalue weighted by molar-refractivity contribution is 0.397. The van der Waals surface area contributed by atoms with Gasteiger partial charge in [0.15, 0.2) is 5.96 Å². The predicted octanol–water partition coefficient (Wildman–Crippen LogP) is 1.69. The maximum atomic E-state index is 5.01. The van der Waals surface area contributed by atoms with Crippen molar-refractivity contribution in [3.05, 3.63) is 23.9 Å². The lowest BCUT2D eigenvalue weighted by Crippen LogP contribution is -2.35. The molecule has 0 amide bonds. The molecule has 0 spiro atoms. The Balaban J connectivity index is 0.00000289. The largest absolute Gasteiger partial charge is 0.481 e. The second-order valence-electron chi connectivity index (χ2n) is 4.11. The van der Waals surface area contributed by atoms with E-state index < -0.39 is 0 Å². The number of ether oxygens (including phenoxy) is 1. The molecule has 0 fully saturated rings. The Bertz CT molecular complexity index is 366. The third-order valence-corrected chi connectivity index (χ3v) is 2.21. The van der Waals surface area contributed by atoms with Gasteiger partial charge in [-0.3, -0.25) is 0 Å². The molecule has 0 saturated heterocycles. The van der Waals surface area contributed by atoms with Crippen LogP contribution in [0.25, 0.3) is 0 Å². The van der Waals surface area contributed by atoms with E-state index in [1.54, 1.807) is 13.3 Å². The number of hydrogen-bond acceptors (Lipinski definition) is 3. The van der Waals surface area contributed by atoms with Crippen LogP contribution in [0, 0.1) is 0 Å². The van der Waals surface area contributed by atoms with Crippen molar-refractivity contribution in [1.29, 1.82) is 0 Å². The predicted molar refractivity (Wildman–Crippen MR) is 84.7 cm³/mol. The summed E-state index contributed by atoms with van der Waals surface area (Å²) in [6, 6.07) is 3.81. The van der Waals surface area contributed by atoms with Crippen molar-refractivity contribution >= 4 is 29.9 Å². The molecule has 18 heavy (non-hydrogen) atoms. The fourth-order valence-electron chi connectivity index (χ4n) is 1.47. The molecule has 0 N–H and O–H groups in total. The standard InChI is InChI=1S/C12H20N4O.HI/c1-15(2)12(16(3)4)14-9-10-6-7-11(17-5)13-8-10;/h6-8H,9H2,1-5H3;1H. The van der Waals surface area contributed by atoms with E-state index in [-0.39, 0.29) is 24.0 Å². The van der Waals surface area contributed by atoms with Crippen LogP contribution in [0.2, 0.25) is 0 Å². The maximum Gasteiger partial charge on any atom is 0.212 e. The van der Waals surface area contributed by atoms with Gasteiger partial charge in [0.1, 0.15) is 0 Å². The molecule has 0 atom stereocenters. The monoisotopic (exact) mass is 364 g/mol. The molecule has 5 nitrogen and oxygen atoms in total. The highest BCUT2D eigenvalue weighted by atomic mass is 127. The van der Waals surface area contributed by atoms with Crippen LogP contribution in [0.1, 0.15) is 5.56 Å². The maximum absolute atomic E-state index is 5.01. The number of aliphatic imine (C=N–C) groups is 1. The lowest BCUT2D eigenvalue weighted by atomic mass is 10.3. The van der Waals surface area contributed by atoms with E-state index in [1.165, 1.54) is 0 Å². The number of nitrogens with zero attached hydrogens (tertiary/aromatic N) is 4. The molecule has 0 saturated carbocycles. The number of aromatic nitrogens is 1. The number of halogens is 1. The summed E-state index contributed by atoms with van der Waals surface area (Å²) in [4.78, 5) is 12.6. The van der Waals surface area contributed by atoms with Gasteiger partial charge >= 0.3 is 0 Å². The molecular weight excluding hydrogens is 343 g/mol. The van der Waals surface area contributed by atoms with Crippen molar-refractivity contribution in [1.82, 2.24) is 14.8 Å². The van der Waals surface area contributed by atoms with Gasteiger partial charge in [-0.25, -0.2) is 9.98 Å². The first-order chi connectivity index (χ1) is 8.04. The van der Waals surface area contributed by atoms with Crippen LogP contribution >= 0.6 is 24.0 Å². The second kappa shape index (κ2) is 8.12. The Morgan fingerprint density at radius 2 is 1.83 bits per heavy atom. The zero-order valence-corrected chi connectivity index (χ0v) is 13.9. The Kier molecular flexibility index (Phi) is 7.65. The molecule has 102 valence electrons. The highest BCUT2D eigenvalue weighted by Crippen LogP contribution is 2.07. The van der Waals surface area contributed by atoms with Crippen LogP contribution < -0.4 is 4.74 Å². The van der Waals surface area contributed by atoms with Gasteiger partial charge in [0.25, 0.3) is 0 Å². The first-order valence-corrected chi connectivity index (χ1v) is 5.42. The van der Waals surface area contributed by atoms with Gasteiger partial charge in [-0.05, 0) is 5.56 Å². The molecule has 0 unspecified atom stereocenters. The smallest absolute Gasteiger partial charge is 0.212 e.